The Morgan fingerprint density at radius 3 is 2.19 bits per heavy atom. The molecule has 2 aromatic carbocycles. The molecule has 0 bridgehead atoms. The molecule has 0 aliphatic heterocycles. The van der Waals surface area contributed by atoms with Gasteiger partial charge in [0.15, 0.2) is 0 Å². The molecule has 1 aliphatic rings. The fourth-order valence-corrected chi connectivity index (χ4v) is 3.67. The quantitative estimate of drug-likeness (QED) is 0.442. The minimum absolute atomic E-state index is 0.0836. The summed E-state index contributed by atoms with van der Waals surface area (Å²) in [6.07, 6.45) is 6.66. The van der Waals surface area contributed by atoms with Crippen molar-refractivity contribution in [1.29, 1.82) is 0 Å². The fourth-order valence-electron chi connectivity index (χ4n) is 3.67. The Morgan fingerprint density at radius 2 is 1.53 bits per heavy atom. The number of amides is 3. The maximum Gasteiger partial charge on any atom is 0.315 e. The molecule has 172 valence electrons. The van der Waals surface area contributed by atoms with E-state index in [1.165, 1.54) is 19.3 Å². The Bertz CT molecular complexity index is 846. The number of benzene rings is 2. The smallest absolute Gasteiger partial charge is 0.315 e. The van der Waals surface area contributed by atoms with Crippen molar-refractivity contribution in [3.05, 3.63) is 48.5 Å². The summed E-state index contributed by atoms with van der Waals surface area (Å²) in [6, 6.07) is 14.8. The number of nitrogens with one attached hydrogen (secondary N) is 3. The summed E-state index contributed by atoms with van der Waals surface area (Å²) in [5.74, 6) is 2.11. The van der Waals surface area contributed by atoms with Crippen LogP contribution in [-0.2, 0) is 4.79 Å². The van der Waals surface area contributed by atoms with Crippen LogP contribution in [0.5, 0.6) is 17.2 Å². The third-order valence-corrected chi connectivity index (χ3v) is 5.32. The monoisotopic (exact) mass is 439 g/mol. The number of hydrogen-bond donors (Lipinski definition) is 3. The van der Waals surface area contributed by atoms with E-state index in [2.05, 4.69) is 16.0 Å². The summed E-state index contributed by atoms with van der Waals surface area (Å²) in [6.45, 7) is 3.04. The van der Waals surface area contributed by atoms with E-state index < -0.39 is 0 Å². The first-order valence-electron chi connectivity index (χ1n) is 11.5. The van der Waals surface area contributed by atoms with E-state index >= 15 is 0 Å². The van der Waals surface area contributed by atoms with Crippen LogP contribution in [0.3, 0.4) is 0 Å². The molecule has 1 saturated carbocycles. The molecule has 0 heterocycles. The molecule has 2 aromatic rings. The summed E-state index contributed by atoms with van der Waals surface area (Å²) in [5, 5.41) is 8.71. The first-order valence-corrected chi connectivity index (χ1v) is 11.5. The molecule has 3 N–H and O–H groups in total. The van der Waals surface area contributed by atoms with Crippen molar-refractivity contribution in [2.45, 2.75) is 57.9 Å². The van der Waals surface area contributed by atoms with Crippen LogP contribution < -0.4 is 25.4 Å². The lowest BCUT2D eigenvalue weighted by Gasteiger charge is -2.22. The zero-order chi connectivity index (χ0) is 22.6. The van der Waals surface area contributed by atoms with Gasteiger partial charge in [0.05, 0.1) is 6.61 Å². The van der Waals surface area contributed by atoms with Gasteiger partial charge in [0.2, 0.25) is 5.91 Å². The number of urea groups is 1. The molecule has 0 atom stereocenters. The Kier molecular flexibility index (Phi) is 9.22. The fraction of sp³-hybridized carbons (Fsp3) is 0.440. The summed E-state index contributed by atoms with van der Waals surface area (Å²) in [4.78, 5) is 24.1. The molecule has 0 aromatic heterocycles. The topological polar surface area (TPSA) is 88.7 Å². The van der Waals surface area contributed by atoms with Crippen LogP contribution in [0.2, 0.25) is 0 Å². The number of carbonyl (C=O) groups excluding carboxylic acids is 2. The molecule has 0 spiro atoms. The third-order valence-electron chi connectivity index (χ3n) is 5.32. The molecule has 3 amide bonds. The van der Waals surface area contributed by atoms with Gasteiger partial charge in [-0.3, -0.25) is 4.79 Å². The van der Waals surface area contributed by atoms with E-state index in [1.54, 1.807) is 12.1 Å². The van der Waals surface area contributed by atoms with Gasteiger partial charge in [0.1, 0.15) is 17.2 Å². The Balaban J connectivity index is 1.33. The van der Waals surface area contributed by atoms with Gasteiger partial charge in [-0.2, -0.15) is 0 Å². The van der Waals surface area contributed by atoms with Gasteiger partial charge in [-0.15, -0.1) is 0 Å². The van der Waals surface area contributed by atoms with E-state index in [1.807, 2.05) is 43.3 Å². The number of carbonyl (C=O) groups is 2. The highest BCUT2D eigenvalue weighted by Crippen LogP contribution is 2.25. The van der Waals surface area contributed by atoms with E-state index in [0.717, 1.165) is 18.6 Å². The maximum atomic E-state index is 12.2. The zero-order valence-corrected chi connectivity index (χ0v) is 18.7. The number of ether oxygens (including phenoxy) is 2. The SMILES string of the molecule is CCOc1ccc(Oc2ccc(NC(=O)CCCNC(=O)NC3CCCCC3)cc2)cc1. The largest absolute Gasteiger partial charge is 0.494 e. The number of rotatable bonds is 10. The Hall–Kier alpha value is -3.22. The predicted octanol–water partition coefficient (Wildman–Crippen LogP) is 5.23. The average molecular weight is 440 g/mol. The zero-order valence-electron chi connectivity index (χ0n) is 18.7. The first kappa shape index (κ1) is 23.4. The highest BCUT2D eigenvalue weighted by Gasteiger charge is 2.15. The van der Waals surface area contributed by atoms with Crippen molar-refractivity contribution in [2.75, 3.05) is 18.5 Å². The Morgan fingerprint density at radius 1 is 0.906 bits per heavy atom. The second-order valence-electron chi connectivity index (χ2n) is 7.92. The molecule has 7 heteroatoms. The van der Waals surface area contributed by atoms with Crippen molar-refractivity contribution in [2.24, 2.45) is 0 Å². The van der Waals surface area contributed by atoms with Crippen LogP contribution in [0, 0.1) is 0 Å². The summed E-state index contributed by atoms with van der Waals surface area (Å²) < 4.78 is 11.2. The molecule has 0 saturated heterocycles. The summed E-state index contributed by atoms with van der Waals surface area (Å²) in [7, 11) is 0. The van der Waals surface area contributed by atoms with E-state index in [4.69, 9.17) is 9.47 Å². The van der Waals surface area contributed by atoms with Gasteiger partial charge in [0.25, 0.3) is 0 Å². The van der Waals surface area contributed by atoms with Gasteiger partial charge < -0.3 is 25.4 Å². The minimum atomic E-state index is -0.138. The van der Waals surface area contributed by atoms with Crippen molar-refractivity contribution in [3.63, 3.8) is 0 Å². The highest BCUT2D eigenvalue weighted by molar-refractivity contribution is 5.90. The highest BCUT2D eigenvalue weighted by atomic mass is 16.5. The van der Waals surface area contributed by atoms with Gasteiger partial charge in [0, 0.05) is 24.7 Å². The lowest BCUT2D eigenvalue weighted by molar-refractivity contribution is -0.116. The van der Waals surface area contributed by atoms with Gasteiger partial charge in [-0.05, 0) is 74.7 Å². The molecule has 0 radical (unpaired) electrons. The van der Waals surface area contributed by atoms with Crippen molar-refractivity contribution in [3.8, 4) is 17.2 Å². The van der Waals surface area contributed by atoms with E-state index in [9.17, 15) is 9.59 Å². The van der Waals surface area contributed by atoms with Crippen LogP contribution in [0.25, 0.3) is 0 Å². The summed E-state index contributed by atoms with van der Waals surface area (Å²) in [5.41, 5.74) is 0.706. The van der Waals surface area contributed by atoms with Gasteiger partial charge in [-0.1, -0.05) is 19.3 Å². The molecule has 1 aliphatic carbocycles. The number of anilines is 1. The number of hydrogen-bond acceptors (Lipinski definition) is 4. The molecule has 32 heavy (non-hydrogen) atoms. The van der Waals surface area contributed by atoms with Crippen molar-refractivity contribution >= 4 is 17.6 Å². The summed E-state index contributed by atoms with van der Waals surface area (Å²) >= 11 is 0. The molecule has 0 unspecified atom stereocenters. The van der Waals surface area contributed by atoms with Gasteiger partial charge in [-0.25, -0.2) is 4.79 Å². The third kappa shape index (κ3) is 8.13. The lowest BCUT2D eigenvalue weighted by atomic mass is 9.96. The maximum absolute atomic E-state index is 12.2. The van der Waals surface area contributed by atoms with Crippen LogP contribution in [0.4, 0.5) is 10.5 Å². The van der Waals surface area contributed by atoms with E-state index in [-0.39, 0.29) is 18.0 Å². The molecule has 3 rings (SSSR count). The normalized spacial score (nSPS) is 13.8. The molecule has 1 fully saturated rings. The van der Waals surface area contributed by atoms with Gasteiger partial charge >= 0.3 is 6.03 Å². The van der Waals surface area contributed by atoms with Crippen LogP contribution in [-0.4, -0.2) is 31.1 Å². The Labute approximate surface area is 189 Å². The van der Waals surface area contributed by atoms with Crippen LogP contribution in [0.15, 0.2) is 48.5 Å². The lowest BCUT2D eigenvalue weighted by Crippen LogP contribution is -2.43. The predicted molar refractivity (Wildman–Crippen MR) is 125 cm³/mol. The van der Waals surface area contributed by atoms with Crippen molar-refractivity contribution in [1.82, 2.24) is 10.6 Å². The second-order valence-corrected chi connectivity index (χ2v) is 7.92. The van der Waals surface area contributed by atoms with Crippen molar-refractivity contribution < 1.29 is 19.1 Å². The second kappa shape index (κ2) is 12.6. The van der Waals surface area contributed by atoms with Crippen LogP contribution in [0.1, 0.15) is 51.9 Å². The average Bonchev–Trinajstić information content (AvgIpc) is 2.80. The standard InChI is InChI=1S/C25H33N3O4/c1-2-31-21-14-16-23(17-15-21)32-22-12-10-20(11-13-22)27-24(29)9-6-18-26-25(30)28-19-7-4-3-5-8-19/h10-17,19H,2-9,18H2,1H3,(H,27,29)(H2,26,28,30). The van der Waals surface area contributed by atoms with Crippen LogP contribution >= 0.6 is 0 Å². The minimum Gasteiger partial charge on any atom is -0.494 e. The molecule has 7 nitrogen and oxygen atoms in total. The molecular weight excluding hydrogens is 406 g/mol. The molecular formula is C25H33N3O4. The first-order chi connectivity index (χ1) is 15.6. The van der Waals surface area contributed by atoms with E-state index in [0.29, 0.717) is 43.2 Å².